The van der Waals surface area contributed by atoms with Crippen LogP contribution in [0.4, 0.5) is 4.39 Å². The minimum Gasteiger partial charge on any atom is -0.496 e. The summed E-state index contributed by atoms with van der Waals surface area (Å²) in [6.45, 7) is 0.810. The second-order valence-electron chi connectivity index (χ2n) is 4.43. The number of ether oxygens (including phenoxy) is 2. The topological polar surface area (TPSA) is 44.5 Å². The molecule has 2 aromatic carbocycles. The Morgan fingerprint density at radius 2 is 1.95 bits per heavy atom. The first-order chi connectivity index (χ1) is 9.72. The predicted octanol–water partition coefficient (Wildman–Crippen LogP) is 2.91. The molecule has 2 rings (SSSR count). The van der Waals surface area contributed by atoms with Crippen LogP contribution in [-0.2, 0) is 13.0 Å². The van der Waals surface area contributed by atoms with E-state index in [0.29, 0.717) is 25.3 Å². The van der Waals surface area contributed by atoms with E-state index in [4.69, 9.17) is 15.2 Å². The first kappa shape index (κ1) is 14.3. The van der Waals surface area contributed by atoms with Gasteiger partial charge in [-0.2, -0.15) is 0 Å². The lowest BCUT2D eigenvalue weighted by Gasteiger charge is -2.11. The maximum Gasteiger partial charge on any atom is 0.127 e. The Morgan fingerprint density at radius 3 is 2.70 bits per heavy atom. The van der Waals surface area contributed by atoms with Gasteiger partial charge in [0, 0.05) is 11.6 Å². The summed E-state index contributed by atoms with van der Waals surface area (Å²) in [5.74, 6) is 0.941. The number of para-hydroxylation sites is 1. The summed E-state index contributed by atoms with van der Waals surface area (Å²) in [5.41, 5.74) is 7.24. The SMILES string of the molecule is COc1ccccc1COc1cc(F)cc(CCN)c1. The van der Waals surface area contributed by atoms with Gasteiger partial charge in [0.2, 0.25) is 0 Å². The number of methoxy groups -OCH3 is 1. The highest BCUT2D eigenvalue weighted by atomic mass is 19.1. The fourth-order valence-electron chi connectivity index (χ4n) is 2.00. The van der Waals surface area contributed by atoms with Crippen molar-refractivity contribution in [2.24, 2.45) is 5.73 Å². The number of nitrogens with two attached hydrogens (primary N) is 1. The molecule has 0 bridgehead atoms. The molecule has 0 saturated heterocycles. The Hall–Kier alpha value is -2.07. The van der Waals surface area contributed by atoms with Gasteiger partial charge in [-0.15, -0.1) is 0 Å². The minimum absolute atomic E-state index is 0.314. The van der Waals surface area contributed by atoms with Gasteiger partial charge in [-0.1, -0.05) is 18.2 Å². The van der Waals surface area contributed by atoms with Crippen LogP contribution in [0.15, 0.2) is 42.5 Å². The molecule has 3 nitrogen and oxygen atoms in total. The second-order valence-corrected chi connectivity index (χ2v) is 4.43. The number of hydrogen-bond donors (Lipinski definition) is 1. The summed E-state index contributed by atoms with van der Waals surface area (Å²) < 4.78 is 24.4. The van der Waals surface area contributed by atoms with Crippen molar-refractivity contribution in [2.45, 2.75) is 13.0 Å². The lowest BCUT2D eigenvalue weighted by atomic mass is 10.1. The van der Waals surface area contributed by atoms with E-state index < -0.39 is 0 Å². The van der Waals surface area contributed by atoms with Gasteiger partial charge in [-0.3, -0.25) is 0 Å². The molecule has 0 aliphatic heterocycles. The summed E-state index contributed by atoms with van der Waals surface area (Å²) in [6.07, 6.45) is 0.628. The first-order valence-corrected chi connectivity index (χ1v) is 6.47. The van der Waals surface area contributed by atoms with Crippen molar-refractivity contribution in [1.29, 1.82) is 0 Å². The molecule has 0 unspecified atom stereocenters. The fourth-order valence-corrected chi connectivity index (χ4v) is 2.00. The van der Waals surface area contributed by atoms with E-state index in [1.165, 1.54) is 12.1 Å². The molecule has 0 amide bonds. The third kappa shape index (κ3) is 3.71. The molecule has 2 N–H and O–H groups in total. The molecular formula is C16H18FNO2. The monoisotopic (exact) mass is 275 g/mol. The van der Waals surface area contributed by atoms with E-state index in [2.05, 4.69) is 0 Å². The van der Waals surface area contributed by atoms with Crippen molar-refractivity contribution in [3.63, 3.8) is 0 Å². The molecule has 2 aromatic rings. The molecule has 0 saturated carbocycles. The highest BCUT2D eigenvalue weighted by molar-refractivity contribution is 5.34. The zero-order valence-electron chi connectivity index (χ0n) is 11.4. The average Bonchev–Trinajstić information content (AvgIpc) is 2.45. The van der Waals surface area contributed by atoms with Gasteiger partial charge in [0.15, 0.2) is 0 Å². The van der Waals surface area contributed by atoms with Crippen LogP contribution >= 0.6 is 0 Å². The molecule has 4 heteroatoms. The molecule has 20 heavy (non-hydrogen) atoms. The van der Waals surface area contributed by atoms with Crippen LogP contribution in [0.2, 0.25) is 0 Å². The van der Waals surface area contributed by atoms with Gasteiger partial charge >= 0.3 is 0 Å². The quantitative estimate of drug-likeness (QED) is 0.881. The third-order valence-electron chi connectivity index (χ3n) is 2.95. The number of hydrogen-bond acceptors (Lipinski definition) is 3. The van der Waals surface area contributed by atoms with Gasteiger partial charge in [-0.05, 0) is 36.7 Å². The van der Waals surface area contributed by atoms with E-state index in [-0.39, 0.29) is 5.82 Å². The summed E-state index contributed by atoms with van der Waals surface area (Å²) in [4.78, 5) is 0. The molecule has 0 aliphatic carbocycles. The zero-order valence-corrected chi connectivity index (χ0v) is 11.4. The van der Waals surface area contributed by atoms with Crippen LogP contribution < -0.4 is 15.2 Å². The van der Waals surface area contributed by atoms with E-state index in [0.717, 1.165) is 16.9 Å². The largest absolute Gasteiger partial charge is 0.496 e. The molecule has 106 valence electrons. The van der Waals surface area contributed by atoms with Crippen LogP contribution in [0.1, 0.15) is 11.1 Å². The van der Waals surface area contributed by atoms with Crippen LogP contribution in [0.3, 0.4) is 0 Å². The molecule has 0 radical (unpaired) electrons. The average molecular weight is 275 g/mol. The number of benzene rings is 2. The van der Waals surface area contributed by atoms with Crippen LogP contribution in [0.25, 0.3) is 0 Å². The normalized spacial score (nSPS) is 10.3. The fraction of sp³-hybridized carbons (Fsp3) is 0.250. The van der Waals surface area contributed by atoms with Crippen molar-refractivity contribution in [3.8, 4) is 11.5 Å². The predicted molar refractivity (Wildman–Crippen MR) is 76.5 cm³/mol. The molecule has 0 spiro atoms. The third-order valence-corrected chi connectivity index (χ3v) is 2.95. The van der Waals surface area contributed by atoms with Crippen LogP contribution in [-0.4, -0.2) is 13.7 Å². The van der Waals surface area contributed by atoms with Crippen molar-refractivity contribution in [3.05, 3.63) is 59.4 Å². The molecule has 0 aromatic heterocycles. The highest BCUT2D eigenvalue weighted by Gasteiger charge is 2.05. The molecule has 0 fully saturated rings. The Balaban J connectivity index is 2.10. The Morgan fingerprint density at radius 1 is 1.15 bits per heavy atom. The van der Waals surface area contributed by atoms with Crippen LogP contribution in [0.5, 0.6) is 11.5 Å². The van der Waals surface area contributed by atoms with E-state index in [1.807, 2.05) is 30.3 Å². The summed E-state index contributed by atoms with van der Waals surface area (Å²) in [7, 11) is 1.61. The van der Waals surface area contributed by atoms with Gasteiger partial charge in [0.05, 0.1) is 7.11 Å². The Kier molecular flexibility index (Phi) is 4.96. The standard InChI is InChI=1S/C16H18FNO2/c1-19-16-5-3-2-4-13(16)11-20-15-9-12(6-7-18)8-14(17)10-15/h2-5,8-10H,6-7,11,18H2,1H3. The summed E-state index contributed by atoms with van der Waals surface area (Å²) >= 11 is 0. The van der Waals surface area contributed by atoms with Crippen LogP contribution in [0, 0.1) is 5.82 Å². The summed E-state index contributed by atoms with van der Waals surface area (Å²) in [5, 5.41) is 0. The number of halogens is 1. The highest BCUT2D eigenvalue weighted by Crippen LogP contribution is 2.22. The molecular weight excluding hydrogens is 257 g/mol. The van der Waals surface area contributed by atoms with Crippen molar-refractivity contribution < 1.29 is 13.9 Å². The van der Waals surface area contributed by atoms with Gasteiger partial charge < -0.3 is 15.2 Å². The van der Waals surface area contributed by atoms with Crippen molar-refractivity contribution in [2.75, 3.05) is 13.7 Å². The Labute approximate surface area is 118 Å². The molecule has 0 heterocycles. The Bertz CT molecular complexity index is 572. The van der Waals surface area contributed by atoms with E-state index >= 15 is 0 Å². The first-order valence-electron chi connectivity index (χ1n) is 6.47. The van der Waals surface area contributed by atoms with Crippen molar-refractivity contribution in [1.82, 2.24) is 0 Å². The van der Waals surface area contributed by atoms with E-state index in [9.17, 15) is 4.39 Å². The lowest BCUT2D eigenvalue weighted by molar-refractivity contribution is 0.295. The lowest BCUT2D eigenvalue weighted by Crippen LogP contribution is -2.04. The van der Waals surface area contributed by atoms with Gasteiger partial charge in [0.1, 0.15) is 23.9 Å². The minimum atomic E-state index is -0.314. The smallest absolute Gasteiger partial charge is 0.127 e. The van der Waals surface area contributed by atoms with Gasteiger partial charge in [0.25, 0.3) is 0 Å². The maximum absolute atomic E-state index is 13.5. The second kappa shape index (κ2) is 6.91. The number of rotatable bonds is 6. The zero-order chi connectivity index (χ0) is 14.4. The van der Waals surface area contributed by atoms with Crippen molar-refractivity contribution >= 4 is 0 Å². The van der Waals surface area contributed by atoms with Gasteiger partial charge in [-0.25, -0.2) is 4.39 Å². The molecule has 0 atom stereocenters. The van der Waals surface area contributed by atoms with E-state index in [1.54, 1.807) is 7.11 Å². The summed E-state index contributed by atoms with van der Waals surface area (Å²) in [6, 6.07) is 12.2. The molecule has 0 aliphatic rings. The maximum atomic E-state index is 13.5.